The first kappa shape index (κ1) is 15.1. The molecule has 0 fully saturated rings. The third-order valence-corrected chi connectivity index (χ3v) is 3.55. The number of amides is 2. The molecule has 0 bridgehead atoms. The van der Waals surface area contributed by atoms with Crippen molar-refractivity contribution in [2.24, 2.45) is 0 Å². The first-order chi connectivity index (χ1) is 10.2. The lowest BCUT2D eigenvalue weighted by Gasteiger charge is -2.14. The van der Waals surface area contributed by atoms with Gasteiger partial charge < -0.3 is 4.74 Å². The van der Waals surface area contributed by atoms with Crippen molar-refractivity contribution in [2.45, 2.75) is 6.10 Å². The number of hydrogen-bond donors (Lipinski definition) is 3. The van der Waals surface area contributed by atoms with E-state index in [0.717, 1.165) is 11.3 Å². The summed E-state index contributed by atoms with van der Waals surface area (Å²) >= 11 is 0.946. The number of ether oxygens (including phenoxy) is 1. The molecule has 0 radical (unpaired) electrons. The van der Waals surface area contributed by atoms with E-state index < -0.39 is 17.9 Å². The SMILES string of the molecule is COC(C(=O)Nc1ncc(C(=O)NO)s1)c1ccccc1. The Morgan fingerprint density at radius 1 is 1.33 bits per heavy atom. The maximum atomic E-state index is 12.2. The predicted molar refractivity (Wildman–Crippen MR) is 76.2 cm³/mol. The maximum Gasteiger partial charge on any atom is 0.286 e. The predicted octanol–water partition coefficient (Wildman–Crippen LogP) is 1.59. The van der Waals surface area contributed by atoms with Crippen molar-refractivity contribution in [3.63, 3.8) is 0 Å². The number of methoxy groups -OCH3 is 1. The quantitative estimate of drug-likeness (QED) is 0.575. The van der Waals surface area contributed by atoms with Crippen LogP contribution in [0.15, 0.2) is 36.5 Å². The van der Waals surface area contributed by atoms with Crippen molar-refractivity contribution >= 4 is 28.3 Å². The lowest BCUT2D eigenvalue weighted by Crippen LogP contribution is -2.22. The first-order valence-corrected chi connectivity index (χ1v) is 6.76. The fourth-order valence-electron chi connectivity index (χ4n) is 1.69. The molecule has 1 heterocycles. The van der Waals surface area contributed by atoms with Gasteiger partial charge in [0.1, 0.15) is 4.88 Å². The van der Waals surface area contributed by atoms with Gasteiger partial charge >= 0.3 is 0 Å². The van der Waals surface area contributed by atoms with Crippen LogP contribution in [0.2, 0.25) is 0 Å². The van der Waals surface area contributed by atoms with Crippen LogP contribution in [-0.4, -0.2) is 29.1 Å². The second-order valence-corrected chi connectivity index (χ2v) is 5.02. The van der Waals surface area contributed by atoms with Crippen molar-refractivity contribution in [1.82, 2.24) is 10.5 Å². The van der Waals surface area contributed by atoms with E-state index in [-0.39, 0.29) is 10.0 Å². The summed E-state index contributed by atoms with van der Waals surface area (Å²) in [6.45, 7) is 0. The van der Waals surface area contributed by atoms with E-state index in [1.54, 1.807) is 12.1 Å². The highest BCUT2D eigenvalue weighted by atomic mass is 32.1. The number of nitrogens with zero attached hydrogens (tertiary/aromatic N) is 1. The Hall–Kier alpha value is -2.29. The Morgan fingerprint density at radius 2 is 2.05 bits per heavy atom. The third-order valence-electron chi connectivity index (χ3n) is 2.64. The molecule has 2 amide bonds. The summed E-state index contributed by atoms with van der Waals surface area (Å²) in [4.78, 5) is 27.4. The van der Waals surface area contributed by atoms with Crippen LogP contribution in [0.25, 0.3) is 0 Å². The van der Waals surface area contributed by atoms with Crippen molar-refractivity contribution in [1.29, 1.82) is 0 Å². The number of carbonyl (C=O) groups excluding carboxylic acids is 2. The Morgan fingerprint density at radius 3 is 2.67 bits per heavy atom. The number of benzene rings is 1. The highest BCUT2D eigenvalue weighted by molar-refractivity contribution is 7.17. The number of carbonyl (C=O) groups is 2. The molecule has 0 saturated carbocycles. The minimum absolute atomic E-state index is 0.182. The zero-order valence-electron chi connectivity index (χ0n) is 11.1. The van der Waals surface area contributed by atoms with E-state index in [2.05, 4.69) is 10.3 Å². The van der Waals surface area contributed by atoms with E-state index in [0.29, 0.717) is 5.56 Å². The number of nitrogens with one attached hydrogen (secondary N) is 2. The molecule has 0 aliphatic carbocycles. The molecular weight excluding hydrogens is 294 g/mol. The number of hydroxylamine groups is 1. The van der Waals surface area contributed by atoms with Crippen molar-refractivity contribution in [3.05, 3.63) is 47.0 Å². The van der Waals surface area contributed by atoms with Crippen LogP contribution in [0.1, 0.15) is 21.3 Å². The van der Waals surface area contributed by atoms with Gasteiger partial charge in [0, 0.05) is 7.11 Å². The Labute approximate surface area is 124 Å². The molecule has 1 atom stereocenters. The summed E-state index contributed by atoms with van der Waals surface area (Å²) in [5.41, 5.74) is 2.21. The Kier molecular flexibility index (Phi) is 4.99. The number of anilines is 1. The number of rotatable bonds is 5. The minimum Gasteiger partial charge on any atom is -0.367 e. The molecule has 0 aliphatic rings. The van der Waals surface area contributed by atoms with Gasteiger partial charge in [-0.1, -0.05) is 41.7 Å². The van der Waals surface area contributed by atoms with E-state index in [9.17, 15) is 9.59 Å². The molecule has 2 aromatic rings. The summed E-state index contributed by atoms with van der Waals surface area (Å²) < 4.78 is 5.19. The van der Waals surface area contributed by atoms with Crippen LogP contribution >= 0.6 is 11.3 Å². The largest absolute Gasteiger partial charge is 0.367 e. The average Bonchev–Trinajstić information content (AvgIpc) is 2.96. The maximum absolute atomic E-state index is 12.2. The topological polar surface area (TPSA) is 101 Å². The molecule has 1 aromatic carbocycles. The standard InChI is InChI=1S/C13H13N3O4S/c1-20-10(8-5-3-2-4-6-8)12(18)15-13-14-7-9(21-13)11(17)16-19/h2-7,10,19H,1H3,(H,16,17)(H,14,15,18). The monoisotopic (exact) mass is 307 g/mol. The number of thiazole rings is 1. The van der Waals surface area contributed by atoms with Crippen LogP contribution in [0.3, 0.4) is 0 Å². The fourth-order valence-corrected chi connectivity index (χ4v) is 2.39. The number of aromatic nitrogens is 1. The van der Waals surface area contributed by atoms with Crippen molar-refractivity contribution < 1.29 is 19.5 Å². The van der Waals surface area contributed by atoms with Crippen LogP contribution in [0.5, 0.6) is 0 Å². The molecule has 21 heavy (non-hydrogen) atoms. The van der Waals surface area contributed by atoms with Gasteiger partial charge in [-0.2, -0.15) is 0 Å². The fraction of sp³-hybridized carbons (Fsp3) is 0.154. The highest BCUT2D eigenvalue weighted by Crippen LogP contribution is 2.22. The lowest BCUT2D eigenvalue weighted by molar-refractivity contribution is -0.126. The summed E-state index contributed by atoms with van der Waals surface area (Å²) in [6.07, 6.45) is 0.487. The molecule has 0 saturated heterocycles. The van der Waals surface area contributed by atoms with Crippen molar-refractivity contribution in [2.75, 3.05) is 12.4 Å². The summed E-state index contributed by atoms with van der Waals surface area (Å²) in [5, 5.41) is 11.3. The smallest absolute Gasteiger partial charge is 0.286 e. The van der Waals surface area contributed by atoms with Gasteiger partial charge in [-0.05, 0) is 5.56 Å². The summed E-state index contributed by atoms with van der Waals surface area (Å²) in [7, 11) is 1.43. The van der Waals surface area contributed by atoms with E-state index in [1.165, 1.54) is 18.8 Å². The molecule has 1 unspecified atom stereocenters. The van der Waals surface area contributed by atoms with Gasteiger partial charge in [0.2, 0.25) is 0 Å². The second-order valence-electron chi connectivity index (χ2n) is 3.99. The Balaban J connectivity index is 2.09. The average molecular weight is 307 g/mol. The van der Waals surface area contributed by atoms with Gasteiger partial charge in [0.25, 0.3) is 11.8 Å². The normalized spacial score (nSPS) is 11.7. The Bertz CT molecular complexity index is 629. The molecule has 110 valence electrons. The van der Waals surface area contributed by atoms with Crippen molar-refractivity contribution in [3.8, 4) is 0 Å². The van der Waals surface area contributed by atoms with Gasteiger partial charge in [0.05, 0.1) is 6.20 Å². The van der Waals surface area contributed by atoms with E-state index >= 15 is 0 Å². The highest BCUT2D eigenvalue weighted by Gasteiger charge is 2.21. The van der Waals surface area contributed by atoms with Crippen LogP contribution in [-0.2, 0) is 9.53 Å². The van der Waals surface area contributed by atoms with Gasteiger partial charge in [-0.15, -0.1) is 0 Å². The lowest BCUT2D eigenvalue weighted by atomic mass is 10.1. The summed E-state index contributed by atoms with van der Waals surface area (Å²) in [6, 6.07) is 9.01. The second kappa shape index (κ2) is 6.93. The summed E-state index contributed by atoms with van der Waals surface area (Å²) in [5.74, 6) is -1.08. The van der Waals surface area contributed by atoms with Gasteiger partial charge in [0.15, 0.2) is 11.2 Å². The zero-order valence-corrected chi connectivity index (χ0v) is 11.9. The minimum atomic E-state index is -0.773. The third kappa shape index (κ3) is 3.63. The van der Waals surface area contributed by atoms with E-state index in [1.807, 2.05) is 18.2 Å². The zero-order chi connectivity index (χ0) is 15.2. The van der Waals surface area contributed by atoms with Gasteiger partial charge in [-0.25, -0.2) is 10.5 Å². The number of hydrogen-bond acceptors (Lipinski definition) is 6. The molecule has 0 aliphatic heterocycles. The molecule has 3 N–H and O–H groups in total. The van der Waals surface area contributed by atoms with E-state index in [4.69, 9.17) is 9.94 Å². The molecule has 2 rings (SSSR count). The van der Waals surface area contributed by atoms with Crippen LogP contribution in [0.4, 0.5) is 5.13 Å². The molecule has 8 heteroatoms. The first-order valence-electron chi connectivity index (χ1n) is 5.94. The van der Waals surface area contributed by atoms with Crippen LogP contribution < -0.4 is 10.8 Å². The molecule has 7 nitrogen and oxygen atoms in total. The molecule has 0 spiro atoms. The molecular formula is C13H13N3O4S. The molecule has 1 aromatic heterocycles. The van der Waals surface area contributed by atoms with Crippen LogP contribution in [0, 0.1) is 0 Å². The van der Waals surface area contributed by atoms with Gasteiger partial charge in [-0.3, -0.25) is 20.1 Å².